The Bertz CT molecular complexity index is 319. The second-order valence-electron chi connectivity index (χ2n) is 6.26. The van der Waals surface area contributed by atoms with E-state index in [1.54, 1.807) is 0 Å². The molecule has 0 bridgehead atoms. The van der Waals surface area contributed by atoms with Crippen LogP contribution < -0.4 is 0 Å². The van der Waals surface area contributed by atoms with Crippen molar-refractivity contribution in [1.82, 2.24) is 4.90 Å². The molecule has 0 aromatic heterocycles. The maximum Gasteiger partial charge on any atom is 0.226 e. The molecular formula is C16H27NO2. The Labute approximate surface area is 116 Å². The lowest BCUT2D eigenvalue weighted by molar-refractivity contribution is -0.142. The van der Waals surface area contributed by atoms with Crippen LogP contribution in [0.25, 0.3) is 0 Å². The molecule has 19 heavy (non-hydrogen) atoms. The molecule has 1 saturated carbocycles. The third-order valence-electron chi connectivity index (χ3n) is 4.72. The van der Waals surface area contributed by atoms with E-state index in [0.717, 1.165) is 31.7 Å². The fourth-order valence-corrected chi connectivity index (χ4v) is 3.48. The summed E-state index contributed by atoms with van der Waals surface area (Å²) in [6, 6.07) is 0. The number of amides is 1. The minimum absolute atomic E-state index is 0.198. The van der Waals surface area contributed by atoms with E-state index in [0.29, 0.717) is 13.0 Å². The largest absolute Gasteiger partial charge is 0.335 e. The number of carbonyl (C=O) groups excluding carboxylic acids is 2. The SMILES string of the molecule is CCCCC1CCC(C(=O)N2CCCC(=O)C2)CC1. The van der Waals surface area contributed by atoms with Crippen molar-refractivity contribution >= 4 is 11.7 Å². The zero-order chi connectivity index (χ0) is 13.7. The van der Waals surface area contributed by atoms with Crippen molar-refractivity contribution in [2.45, 2.75) is 64.7 Å². The Balaban J connectivity index is 1.77. The third kappa shape index (κ3) is 4.05. The van der Waals surface area contributed by atoms with Gasteiger partial charge in [-0.05, 0) is 38.0 Å². The molecule has 0 N–H and O–H groups in total. The van der Waals surface area contributed by atoms with Crippen LogP contribution in [0.5, 0.6) is 0 Å². The summed E-state index contributed by atoms with van der Waals surface area (Å²) in [6.45, 7) is 3.40. The topological polar surface area (TPSA) is 37.4 Å². The Hall–Kier alpha value is -0.860. The second-order valence-corrected chi connectivity index (χ2v) is 6.26. The fourth-order valence-electron chi connectivity index (χ4n) is 3.48. The van der Waals surface area contributed by atoms with Crippen LogP contribution in [0, 0.1) is 11.8 Å². The highest BCUT2D eigenvalue weighted by Crippen LogP contribution is 2.33. The smallest absolute Gasteiger partial charge is 0.226 e. The van der Waals surface area contributed by atoms with Crippen LogP contribution in [0.4, 0.5) is 0 Å². The van der Waals surface area contributed by atoms with Gasteiger partial charge >= 0.3 is 0 Å². The van der Waals surface area contributed by atoms with Gasteiger partial charge in [-0.3, -0.25) is 9.59 Å². The van der Waals surface area contributed by atoms with Gasteiger partial charge in [0.25, 0.3) is 0 Å². The van der Waals surface area contributed by atoms with E-state index in [1.807, 2.05) is 4.90 Å². The fraction of sp³-hybridized carbons (Fsp3) is 0.875. The third-order valence-corrected chi connectivity index (χ3v) is 4.72. The van der Waals surface area contributed by atoms with Crippen LogP contribution in [-0.2, 0) is 9.59 Å². The van der Waals surface area contributed by atoms with E-state index in [9.17, 15) is 9.59 Å². The molecule has 3 heteroatoms. The molecule has 1 saturated heterocycles. The van der Waals surface area contributed by atoms with E-state index in [2.05, 4.69) is 6.92 Å². The highest BCUT2D eigenvalue weighted by molar-refractivity contribution is 5.88. The van der Waals surface area contributed by atoms with Gasteiger partial charge in [-0.1, -0.05) is 26.2 Å². The molecule has 0 unspecified atom stereocenters. The van der Waals surface area contributed by atoms with Crippen LogP contribution >= 0.6 is 0 Å². The van der Waals surface area contributed by atoms with Gasteiger partial charge in [-0.15, -0.1) is 0 Å². The summed E-state index contributed by atoms with van der Waals surface area (Å²) in [5.74, 6) is 1.52. The lowest BCUT2D eigenvalue weighted by Gasteiger charge is -2.33. The summed E-state index contributed by atoms with van der Waals surface area (Å²) >= 11 is 0. The quantitative estimate of drug-likeness (QED) is 0.783. The summed E-state index contributed by atoms with van der Waals surface area (Å²) in [5.41, 5.74) is 0. The predicted molar refractivity (Wildman–Crippen MR) is 75.8 cm³/mol. The Morgan fingerprint density at radius 3 is 2.63 bits per heavy atom. The van der Waals surface area contributed by atoms with Crippen molar-refractivity contribution in [2.24, 2.45) is 11.8 Å². The van der Waals surface area contributed by atoms with E-state index in [-0.39, 0.29) is 17.6 Å². The molecular weight excluding hydrogens is 238 g/mol. The number of nitrogens with zero attached hydrogens (tertiary/aromatic N) is 1. The molecule has 2 fully saturated rings. The zero-order valence-electron chi connectivity index (χ0n) is 12.2. The first-order chi connectivity index (χ1) is 9.20. The first-order valence-corrected chi connectivity index (χ1v) is 8.01. The lowest BCUT2D eigenvalue weighted by Crippen LogP contribution is -2.44. The molecule has 0 radical (unpaired) electrons. The number of likely N-dealkylation sites (tertiary alicyclic amines) is 1. The molecule has 2 rings (SSSR count). The number of Topliss-reactive ketones (excluding diaryl/α,β-unsaturated/α-hetero) is 1. The van der Waals surface area contributed by atoms with Crippen molar-refractivity contribution in [3.63, 3.8) is 0 Å². The van der Waals surface area contributed by atoms with E-state index < -0.39 is 0 Å². The number of hydrogen-bond acceptors (Lipinski definition) is 2. The monoisotopic (exact) mass is 265 g/mol. The summed E-state index contributed by atoms with van der Waals surface area (Å²) in [7, 11) is 0. The van der Waals surface area contributed by atoms with E-state index in [1.165, 1.54) is 32.1 Å². The number of unbranched alkanes of at least 4 members (excludes halogenated alkanes) is 1. The summed E-state index contributed by atoms with van der Waals surface area (Å²) in [5, 5.41) is 0. The number of carbonyl (C=O) groups is 2. The number of ketones is 1. The van der Waals surface area contributed by atoms with Crippen molar-refractivity contribution in [2.75, 3.05) is 13.1 Å². The summed E-state index contributed by atoms with van der Waals surface area (Å²) < 4.78 is 0. The minimum atomic E-state index is 0.198. The molecule has 108 valence electrons. The Morgan fingerprint density at radius 2 is 2.00 bits per heavy atom. The standard InChI is InChI=1S/C16H27NO2/c1-2-3-5-13-7-9-14(10-8-13)16(19)17-11-4-6-15(18)12-17/h13-14H,2-12H2,1H3. The van der Waals surface area contributed by atoms with Crippen LogP contribution in [0.2, 0.25) is 0 Å². The highest BCUT2D eigenvalue weighted by Gasteiger charge is 2.31. The summed E-state index contributed by atoms with van der Waals surface area (Å²) in [4.78, 5) is 25.6. The minimum Gasteiger partial charge on any atom is -0.335 e. The number of hydrogen-bond donors (Lipinski definition) is 0. The van der Waals surface area contributed by atoms with Crippen LogP contribution in [0.1, 0.15) is 64.7 Å². The van der Waals surface area contributed by atoms with Gasteiger partial charge in [0.1, 0.15) is 0 Å². The van der Waals surface area contributed by atoms with Gasteiger partial charge in [0.15, 0.2) is 5.78 Å². The summed E-state index contributed by atoms with van der Waals surface area (Å²) in [6.07, 6.45) is 9.94. The highest BCUT2D eigenvalue weighted by atomic mass is 16.2. The van der Waals surface area contributed by atoms with E-state index >= 15 is 0 Å². The van der Waals surface area contributed by atoms with Gasteiger partial charge in [-0.25, -0.2) is 0 Å². The maximum absolute atomic E-state index is 12.4. The molecule has 1 amide bonds. The molecule has 1 heterocycles. The van der Waals surface area contributed by atoms with Crippen molar-refractivity contribution < 1.29 is 9.59 Å². The van der Waals surface area contributed by atoms with Crippen molar-refractivity contribution in [3.05, 3.63) is 0 Å². The molecule has 0 atom stereocenters. The normalized spacial score (nSPS) is 28.5. The van der Waals surface area contributed by atoms with Crippen molar-refractivity contribution in [3.8, 4) is 0 Å². The lowest BCUT2D eigenvalue weighted by atomic mass is 9.79. The molecule has 1 aliphatic heterocycles. The molecule has 0 spiro atoms. The number of piperidine rings is 1. The van der Waals surface area contributed by atoms with Crippen LogP contribution in [0.15, 0.2) is 0 Å². The van der Waals surface area contributed by atoms with Gasteiger partial charge < -0.3 is 4.90 Å². The molecule has 2 aliphatic rings. The Morgan fingerprint density at radius 1 is 1.26 bits per heavy atom. The number of rotatable bonds is 4. The average Bonchev–Trinajstić information content (AvgIpc) is 2.45. The zero-order valence-corrected chi connectivity index (χ0v) is 12.2. The Kier molecular flexibility index (Phi) is 5.41. The van der Waals surface area contributed by atoms with Crippen LogP contribution in [-0.4, -0.2) is 29.7 Å². The molecule has 3 nitrogen and oxygen atoms in total. The van der Waals surface area contributed by atoms with Gasteiger partial charge in [-0.2, -0.15) is 0 Å². The van der Waals surface area contributed by atoms with Gasteiger partial charge in [0.05, 0.1) is 6.54 Å². The van der Waals surface area contributed by atoms with Crippen LogP contribution in [0.3, 0.4) is 0 Å². The first-order valence-electron chi connectivity index (χ1n) is 8.01. The average molecular weight is 265 g/mol. The maximum atomic E-state index is 12.4. The van der Waals surface area contributed by atoms with Crippen molar-refractivity contribution in [1.29, 1.82) is 0 Å². The van der Waals surface area contributed by atoms with Gasteiger partial charge in [0, 0.05) is 18.9 Å². The van der Waals surface area contributed by atoms with E-state index in [4.69, 9.17) is 0 Å². The second kappa shape index (κ2) is 7.06. The molecule has 1 aliphatic carbocycles. The molecule has 0 aromatic carbocycles. The van der Waals surface area contributed by atoms with Gasteiger partial charge in [0.2, 0.25) is 5.91 Å². The predicted octanol–water partition coefficient (Wildman–Crippen LogP) is 3.17. The first kappa shape index (κ1) is 14.5. The molecule has 0 aromatic rings.